The van der Waals surface area contributed by atoms with E-state index in [4.69, 9.17) is 11.6 Å². The summed E-state index contributed by atoms with van der Waals surface area (Å²) in [4.78, 5) is 12.7. The van der Waals surface area contributed by atoms with Crippen molar-refractivity contribution in [3.63, 3.8) is 0 Å². The number of nitrogens with zero attached hydrogens (tertiary/aromatic N) is 2. The number of rotatable bonds is 2. The molecule has 0 aliphatic carbocycles. The van der Waals surface area contributed by atoms with Crippen molar-refractivity contribution >= 4 is 38.9 Å². The van der Waals surface area contributed by atoms with Crippen LogP contribution in [0.15, 0.2) is 16.6 Å². The highest BCUT2D eigenvalue weighted by Crippen LogP contribution is 2.37. The predicted octanol–water partition coefficient (Wildman–Crippen LogP) is 4.00. The van der Waals surface area contributed by atoms with Gasteiger partial charge in [-0.15, -0.1) is 0 Å². The molecule has 1 heterocycles. The van der Waals surface area contributed by atoms with Crippen LogP contribution in [0.1, 0.15) is 19.3 Å². The Hall–Kier alpha value is -0.810. The second-order valence-electron chi connectivity index (χ2n) is 4.06. The molecular weight excluding hydrogens is 307 g/mol. The lowest BCUT2D eigenvalue weighted by molar-refractivity contribution is -0.384. The van der Waals surface area contributed by atoms with E-state index in [1.807, 2.05) is 4.90 Å². The van der Waals surface area contributed by atoms with Crippen molar-refractivity contribution in [3.8, 4) is 0 Å². The van der Waals surface area contributed by atoms with Gasteiger partial charge in [-0.2, -0.15) is 0 Å². The van der Waals surface area contributed by atoms with Gasteiger partial charge < -0.3 is 4.90 Å². The maximum Gasteiger partial charge on any atom is 0.293 e. The van der Waals surface area contributed by atoms with E-state index < -0.39 is 0 Å². The first-order valence-corrected chi connectivity index (χ1v) is 6.65. The van der Waals surface area contributed by atoms with E-state index >= 15 is 0 Å². The van der Waals surface area contributed by atoms with Gasteiger partial charge >= 0.3 is 0 Å². The van der Waals surface area contributed by atoms with Gasteiger partial charge in [0.05, 0.1) is 9.95 Å². The standard InChI is InChI=1S/C11H12BrClN2O2/c12-8-6-11(15(16)17)10(7-9(8)13)14-4-2-1-3-5-14/h6-7H,1-5H2. The average Bonchev–Trinajstić information content (AvgIpc) is 2.33. The SMILES string of the molecule is O=[N+]([O-])c1cc(Br)c(Cl)cc1N1CCCCC1. The molecule has 1 aliphatic heterocycles. The van der Waals surface area contributed by atoms with Crippen LogP contribution < -0.4 is 4.90 Å². The topological polar surface area (TPSA) is 46.4 Å². The predicted molar refractivity (Wildman–Crippen MR) is 71.9 cm³/mol. The van der Waals surface area contributed by atoms with Crippen molar-refractivity contribution < 1.29 is 4.92 Å². The van der Waals surface area contributed by atoms with E-state index in [2.05, 4.69) is 15.9 Å². The van der Waals surface area contributed by atoms with Gasteiger partial charge in [-0.25, -0.2) is 0 Å². The number of piperidine rings is 1. The van der Waals surface area contributed by atoms with Crippen molar-refractivity contribution in [1.82, 2.24) is 0 Å². The summed E-state index contributed by atoms with van der Waals surface area (Å²) in [6, 6.07) is 3.15. The molecule has 2 rings (SSSR count). The Bertz CT molecular complexity index is 447. The maximum atomic E-state index is 11.0. The molecule has 17 heavy (non-hydrogen) atoms. The van der Waals surface area contributed by atoms with Crippen LogP contribution >= 0.6 is 27.5 Å². The number of hydrogen-bond donors (Lipinski definition) is 0. The first kappa shape index (κ1) is 12.6. The Morgan fingerprint density at radius 2 is 1.94 bits per heavy atom. The van der Waals surface area contributed by atoms with Crippen LogP contribution in [0.3, 0.4) is 0 Å². The molecule has 0 spiro atoms. The van der Waals surface area contributed by atoms with E-state index in [1.165, 1.54) is 12.5 Å². The molecule has 1 aromatic rings. The van der Waals surface area contributed by atoms with Crippen LogP contribution in [-0.2, 0) is 0 Å². The Morgan fingerprint density at radius 1 is 1.29 bits per heavy atom. The molecule has 0 N–H and O–H groups in total. The summed E-state index contributed by atoms with van der Waals surface area (Å²) in [6.07, 6.45) is 3.34. The Balaban J connectivity index is 2.42. The zero-order valence-electron chi connectivity index (χ0n) is 9.16. The fourth-order valence-electron chi connectivity index (χ4n) is 2.06. The van der Waals surface area contributed by atoms with Crippen LogP contribution in [0.5, 0.6) is 0 Å². The molecule has 92 valence electrons. The fourth-order valence-corrected chi connectivity index (χ4v) is 2.55. The van der Waals surface area contributed by atoms with Gasteiger partial charge in [0.2, 0.25) is 0 Å². The minimum absolute atomic E-state index is 0.114. The Kier molecular flexibility index (Phi) is 3.89. The van der Waals surface area contributed by atoms with Crippen LogP contribution in [-0.4, -0.2) is 18.0 Å². The molecular formula is C11H12BrClN2O2. The van der Waals surface area contributed by atoms with Gasteiger partial charge in [0.15, 0.2) is 0 Å². The lowest BCUT2D eigenvalue weighted by atomic mass is 10.1. The lowest BCUT2D eigenvalue weighted by Gasteiger charge is -2.28. The monoisotopic (exact) mass is 318 g/mol. The quantitative estimate of drug-likeness (QED) is 0.611. The molecule has 4 nitrogen and oxygen atoms in total. The van der Waals surface area contributed by atoms with Gasteiger partial charge in [0.1, 0.15) is 5.69 Å². The van der Waals surface area contributed by atoms with E-state index in [0.29, 0.717) is 15.2 Å². The molecule has 1 aromatic carbocycles. The molecule has 0 atom stereocenters. The molecule has 1 saturated heterocycles. The first-order valence-electron chi connectivity index (χ1n) is 5.48. The van der Waals surface area contributed by atoms with Gasteiger partial charge in [-0.1, -0.05) is 11.6 Å². The van der Waals surface area contributed by atoms with Crippen LogP contribution in [0, 0.1) is 10.1 Å². The third-order valence-corrected chi connectivity index (χ3v) is 4.11. The van der Waals surface area contributed by atoms with Crippen molar-refractivity contribution in [2.24, 2.45) is 0 Å². The highest BCUT2D eigenvalue weighted by molar-refractivity contribution is 9.10. The third kappa shape index (κ3) is 2.72. The van der Waals surface area contributed by atoms with E-state index in [-0.39, 0.29) is 10.6 Å². The summed E-state index contributed by atoms with van der Waals surface area (Å²) < 4.78 is 0.562. The number of anilines is 1. The first-order chi connectivity index (χ1) is 8.09. The summed E-state index contributed by atoms with van der Waals surface area (Å²) >= 11 is 9.23. The number of benzene rings is 1. The number of halogens is 2. The van der Waals surface area contributed by atoms with Crippen LogP contribution in [0.4, 0.5) is 11.4 Å². The number of nitro groups is 1. The summed E-state index contributed by atoms with van der Waals surface area (Å²) in [7, 11) is 0. The summed E-state index contributed by atoms with van der Waals surface area (Å²) in [6.45, 7) is 1.72. The highest BCUT2D eigenvalue weighted by atomic mass is 79.9. The van der Waals surface area contributed by atoms with Crippen molar-refractivity contribution in [3.05, 3.63) is 31.7 Å². The Morgan fingerprint density at radius 3 is 2.53 bits per heavy atom. The van der Waals surface area contributed by atoms with E-state index in [1.54, 1.807) is 6.07 Å². The van der Waals surface area contributed by atoms with E-state index in [9.17, 15) is 10.1 Å². The van der Waals surface area contributed by atoms with Crippen LogP contribution in [0.25, 0.3) is 0 Å². The molecule has 0 saturated carbocycles. The minimum atomic E-state index is -0.356. The smallest absolute Gasteiger partial charge is 0.293 e. The van der Waals surface area contributed by atoms with Crippen molar-refractivity contribution in [2.45, 2.75) is 19.3 Å². The molecule has 0 radical (unpaired) electrons. The lowest BCUT2D eigenvalue weighted by Crippen LogP contribution is -2.29. The van der Waals surface area contributed by atoms with Gasteiger partial charge in [-0.3, -0.25) is 10.1 Å². The maximum absolute atomic E-state index is 11.0. The average molecular weight is 320 g/mol. The molecule has 1 fully saturated rings. The zero-order valence-corrected chi connectivity index (χ0v) is 11.5. The largest absolute Gasteiger partial charge is 0.366 e. The summed E-state index contributed by atoms with van der Waals surface area (Å²) in [5, 5.41) is 11.6. The van der Waals surface area contributed by atoms with Crippen molar-refractivity contribution in [1.29, 1.82) is 0 Å². The normalized spacial score (nSPS) is 16.0. The third-order valence-electron chi connectivity index (χ3n) is 2.91. The van der Waals surface area contributed by atoms with Crippen LogP contribution in [0.2, 0.25) is 5.02 Å². The molecule has 6 heteroatoms. The summed E-state index contributed by atoms with van der Waals surface area (Å²) in [5.74, 6) is 0. The zero-order chi connectivity index (χ0) is 12.4. The molecule has 0 unspecified atom stereocenters. The summed E-state index contributed by atoms with van der Waals surface area (Å²) in [5.41, 5.74) is 0.742. The van der Waals surface area contributed by atoms with Crippen molar-refractivity contribution in [2.75, 3.05) is 18.0 Å². The second-order valence-corrected chi connectivity index (χ2v) is 5.32. The molecule has 0 aromatic heterocycles. The van der Waals surface area contributed by atoms with Gasteiger partial charge in [-0.05, 0) is 41.3 Å². The number of hydrogen-bond acceptors (Lipinski definition) is 3. The molecule has 1 aliphatic rings. The molecule has 0 bridgehead atoms. The Labute approximate surface area is 113 Å². The van der Waals surface area contributed by atoms with Gasteiger partial charge in [0, 0.05) is 23.6 Å². The number of nitro benzene ring substituents is 1. The van der Waals surface area contributed by atoms with E-state index in [0.717, 1.165) is 25.9 Å². The second kappa shape index (κ2) is 5.23. The highest BCUT2D eigenvalue weighted by Gasteiger charge is 2.22. The van der Waals surface area contributed by atoms with Gasteiger partial charge in [0.25, 0.3) is 5.69 Å². The molecule has 0 amide bonds. The fraction of sp³-hybridized carbons (Fsp3) is 0.455. The minimum Gasteiger partial charge on any atom is -0.366 e.